The molecular formula is C35H59O8P. The number of carbonyl (C=O) groups is 2. The van der Waals surface area contributed by atoms with Gasteiger partial charge in [-0.3, -0.25) is 18.6 Å². The fraction of sp³-hybridized carbons (Fsp3) is 0.657. The first kappa shape index (κ1) is 41.8. The number of esters is 2. The van der Waals surface area contributed by atoms with E-state index in [2.05, 4.69) is 79.1 Å². The van der Waals surface area contributed by atoms with Crippen LogP contribution >= 0.6 is 7.82 Å². The van der Waals surface area contributed by atoms with Crippen LogP contribution in [0.2, 0.25) is 0 Å². The molecule has 252 valence electrons. The Labute approximate surface area is 267 Å². The van der Waals surface area contributed by atoms with Crippen molar-refractivity contribution < 1.29 is 37.6 Å². The Morgan fingerprint density at radius 2 is 1.16 bits per heavy atom. The van der Waals surface area contributed by atoms with E-state index in [0.29, 0.717) is 6.42 Å². The summed E-state index contributed by atoms with van der Waals surface area (Å²) in [5.41, 5.74) is 0. The second-order valence-corrected chi connectivity index (χ2v) is 12.1. The summed E-state index contributed by atoms with van der Waals surface area (Å²) in [4.78, 5) is 34.1. The number of phosphoric ester groups is 1. The molecule has 0 aliphatic heterocycles. The number of carbonyl (C=O) groups excluding carboxylic acids is 2. The van der Waals surface area contributed by atoms with E-state index in [1.807, 2.05) is 0 Å². The van der Waals surface area contributed by atoms with E-state index in [-0.39, 0.29) is 19.4 Å². The van der Waals surface area contributed by atoms with Gasteiger partial charge < -0.3 is 14.4 Å². The van der Waals surface area contributed by atoms with Crippen molar-refractivity contribution in [3.05, 3.63) is 60.8 Å². The third-order valence-corrected chi connectivity index (χ3v) is 7.41. The number of hydrogen-bond acceptors (Lipinski definition) is 7. The molecule has 0 bridgehead atoms. The summed E-state index contributed by atoms with van der Waals surface area (Å²) in [6, 6.07) is 0. The molecule has 0 aliphatic carbocycles. The molecule has 8 nitrogen and oxygen atoms in total. The molecule has 44 heavy (non-hydrogen) atoms. The zero-order valence-corrected chi connectivity index (χ0v) is 28.4. The summed E-state index contributed by atoms with van der Waals surface area (Å²) >= 11 is 0. The van der Waals surface area contributed by atoms with Crippen LogP contribution in [0.5, 0.6) is 0 Å². The van der Waals surface area contributed by atoms with E-state index >= 15 is 0 Å². The monoisotopic (exact) mass is 638 g/mol. The van der Waals surface area contributed by atoms with Gasteiger partial charge in [0.1, 0.15) is 6.61 Å². The molecule has 0 rings (SSSR count). The smallest absolute Gasteiger partial charge is 0.462 e. The van der Waals surface area contributed by atoms with Crippen molar-refractivity contribution in [2.45, 2.75) is 129 Å². The lowest BCUT2D eigenvalue weighted by molar-refractivity contribution is -0.161. The highest BCUT2D eigenvalue weighted by Gasteiger charge is 2.24. The molecule has 0 fully saturated rings. The standard InChI is InChI=1S/C35H59O8P/c1-4-6-8-10-12-14-16-17-18-19-20-22-24-26-28-30-35(37)43-33(32-42-44(38,39)40-3)31-41-34(36)29-27-25-23-21-15-13-11-9-7-5-2/h6,8-9,11-12,14,17-18,20,22,33H,4-5,7,10,13,15-16,19,21,23-32H2,1-3H3,(H,38,39)/b8-6-,11-9-,14-12-,18-17-,22-20-. The molecule has 0 spiro atoms. The molecule has 1 N–H and O–H groups in total. The normalized spacial score (nSPS) is 14.4. The fourth-order valence-electron chi connectivity index (χ4n) is 3.94. The van der Waals surface area contributed by atoms with E-state index in [1.165, 1.54) is 6.42 Å². The average molecular weight is 639 g/mol. The van der Waals surface area contributed by atoms with Crippen LogP contribution < -0.4 is 0 Å². The van der Waals surface area contributed by atoms with Crippen molar-refractivity contribution >= 4 is 19.8 Å². The minimum Gasteiger partial charge on any atom is -0.462 e. The van der Waals surface area contributed by atoms with Crippen molar-refractivity contribution in [1.82, 2.24) is 0 Å². The summed E-state index contributed by atoms with van der Waals surface area (Å²) in [6.07, 6.45) is 35.7. The van der Waals surface area contributed by atoms with Crippen LogP contribution in [-0.2, 0) is 32.7 Å². The van der Waals surface area contributed by atoms with Gasteiger partial charge >= 0.3 is 19.8 Å². The van der Waals surface area contributed by atoms with Gasteiger partial charge in [0, 0.05) is 20.0 Å². The third kappa shape index (κ3) is 29.8. The highest BCUT2D eigenvalue weighted by Crippen LogP contribution is 2.42. The topological polar surface area (TPSA) is 108 Å². The van der Waals surface area contributed by atoms with Crippen LogP contribution in [0.15, 0.2) is 60.8 Å². The summed E-state index contributed by atoms with van der Waals surface area (Å²) in [5.74, 6) is -0.875. The molecule has 0 aromatic rings. The number of phosphoric acid groups is 1. The molecule has 9 heteroatoms. The molecule has 2 unspecified atom stereocenters. The summed E-state index contributed by atoms with van der Waals surface area (Å²) in [7, 11) is -3.22. The van der Waals surface area contributed by atoms with Gasteiger partial charge in [-0.1, -0.05) is 100 Å². The van der Waals surface area contributed by atoms with E-state index in [0.717, 1.165) is 90.6 Å². The van der Waals surface area contributed by atoms with Crippen LogP contribution in [0.3, 0.4) is 0 Å². The number of unbranched alkanes of at least 4 members (excludes halogenated alkanes) is 8. The first-order valence-corrected chi connectivity index (χ1v) is 18.0. The fourth-order valence-corrected chi connectivity index (χ4v) is 4.40. The van der Waals surface area contributed by atoms with Gasteiger partial charge in [-0.2, -0.15) is 0 Å². The second-order valence-electron chi connectivity index (χ2n) is 10.6. The average Bonchev–Trinajstić information content (AvgIpc) is 3.01. The summed E-state index contributed by atoms with van der Waals surface area (Å²) in [5, 5.41) is 0. The van der Waals surface area contributed by atoms with Gasteiger partial charge in [0.05, 0.1) is 6.61 Å². The zero-order valence-electron chi connectivity index (χ0n) is 27.5. The van der Waals surface area contributed by atoms with Crippen LogP contribution in [0, 0.1) is 0 Å². The largest absolute Gasteiger partial charge is 0.472 e. The molecule has 0 saturated heterocycles. The Balaban J connectivity index is 4.24. The maximum atomic E-state index is 12.4. The van der Waals surface area contributed by atoms with Crippen molar-refractivity contribution in [1.29, 1.82) is 0 Å². The summed E-state index contributed by atoms with van der Waals surface area (Å²) in [6.45, 7) is 3.63. The van der Waals surface area contributed by atoms with E-state index in [4.69, 9.17) is 14.0 Å². The minimum atomic E-state index is -4.27. The number of ether oxygens (including phenoxy) is 2. The van der Waals surface area contributed by atoms with Crippen LogP contribution in [0.1, 0.15) is 123 Å². The third-order valence-electron chi connectivity index (χ3n) is 6.48. The first-order chi connectivity index (χ1) is 21.3. The van der Waals surface area contributed by atoms with Gasteiger partial charge in [0.2, 0.25) is 0 Å². The highest BCUT2D eigenvalue weighted by atomic mass is 31.2. The molecule has 2 atom stereocenters. The quantitative estimate of drug-likeness (QED) is 0.0373. The Hall–Kier alpha value is -2.25. The molecule has 0 heterocycles. The van der Waals surface area contributed by atoms with Crippen molar-refractivity contribution in [3.8, 4) is 0 Å². The van der Waals surface area contributed by atoms with Gasteiger partial charge in [-0.15, -0.1) is 0 Å². The molecule has 0 aromatic heterocycles. The van der Waals surface area contributed by atoms with Crippen LogP contribution in [0.25, 0.3) is 0 Å². The first-order valence-electron chi connectivity index (χ1n) is 16.5. The Kier molecular flexibility index (Phi) is 29.2. The number of hydrogen-bond donors (Lipinski definition) is 1. The predicted molar refractivity (Wildman–Crippen MR) is 179 cm³/mol. The van der Waals surface area contributed by atoms with Gasteiger partial charge in [-0.25, -0.2) is 4.57 Å². The molecule has 0 radical (unpaired) electrons. The molecule has 0 saturated carbocycles. The van der Waals surface area contributed by atoms with Gasteiger partial charge in [0.15, 0.2) is 6.10 Å². The van der Waals surface area contributed by atoms with Gasteiger partial charge in [0.25, 0.3) is 0 Å². The maximum Gasteiger partial charge on any atom is 0.472 e. The highest BCUT2D eigenvalue weighted by molar-refractivity contribution is 7.47. The van der Waals surface area contributed by atoms with Crippen molar-refractivity contribution in [2.75, 3.05) is 20.3 Å². The van der Waals surface area contributed by atoms with E-state index in [1.54, 1.807) is 0 Å². The molecule has 0 aromatic carbocycles. The molecule has 0 amide bonds. The molecular weight excluding hydrogens is 579 g/mol. The lowest BCUT2D eigenvalue weighted by Crippen LogP contribution is -2.29. The predicted octanol–water partition coefficient (Wildman–Crippen LogP) is 9.66. The number of rotatable bonds is 29. The summed E-state index contributed by atoms with van der Waals surface area (Å²) < 4.78 is 31.7. The minimum absolute atomic E-state index is 0.188. The zero-order chi connectivity index (χ0) is 32.6. The maximum absolute atomic E-state index is 12.4. The SMILES string of the molecule is CC/C=C\C/C=C\C/C=C\C/C=C\CCCCC(=O)OC(COC(=O)CCCCCCC/C=C\CCC)COP(=O)(O)OC. The lowest BCUT2D eigenvalue weighted by Gasteiger charge is -2.19. The van der Waals surface area contributed by atoms with Crippen LogP contribution in [0.4, 0.5) is 0 Å². The van der Waals surface area contributed by atoms with Crippen LogP contribution in [-0.4, -0.2) is 43.3 Å². The van der Waals surface area contributed by atoms with Gasteiger partial charge in [-0.05, 0) is 70.6 Å². The molecule has 0 aliphatic rings. The van der Waals surface area contributed by atoms with E-state index < -0.39 is 32.5 Å². The van der Waals surface area contributed by atoms with E-state index in [9.17, 15) is 19.0 Å². The Morgan fingerprint density at radius 3 is 1.80 bits per heavy atom. The van der Waals surface area contributed by atoms with Crippen molar-refractivity contribution in [2.24, 2.45) is 0 Å². The Bertz CT molecular complexity index is 906. The Morgan fingerprint density at radius 1 is 0.659 bits per heavy atom. The lowest BCUT2D eigenvalue weighted by atomic mass is 10.1. The second kappa shape index (κ2) is 30.8. The number of allylic oxidation sites excluding steroid dienone is 10. The van der Waals surface area contributed by atoms with Crippen molar-refractivity contribution in [3.63, 3.8) is 0 Å².